The summed E-state index contributed by atoms with van der Waals surface area (Å²) in [5.74, 6) is 0.766. The Labute approximate surface area is 128 Å². The summed E-state index contributed by atoms with van der Waals surface area (Å²) in [6, 6.07) is 6.73. The highest BCUT2D eigenvalue weighted by Crippen LogP contribution is 2.34. The summed E-state index contributed by atoms with van der Waals surface area (Å²) in [6.07, 6.45) is 5.00. The molecule has 0 saturated heterocycles. The van der Waals surface area contributed by atoms with Crippen molar-refractivity contribution in [2.45, 2.75) is 39.5 Å². The molecule has 3 nitrogen and oxygen atoms in total. The SMILES string of the molecule is Cc1sc2nc(-c3ccc4c(c3)CCCC4)c(N)n2c1C. The fourth-order valence-corrected chi connectivity index (χ4v) is 4.24. The molecule has 108 valence electrons. The van der Waals surface area contributed by atoms with Crippen LogP contribution in [0.5, 0.6) is 0 Å². The quantitative estimate of drug-likeness (QED) is 0.733. The summed E-state index contributed by atoms with van der Waals surface area (Å²) < 4.78 is 2.08. The van der Waals surface area contributed by atoms with Crippen LogP contribution in [0.15, 0.2) is 18.2 Å². The average molecular weight is 297 g/mol. The van der Waals surface area contributed by atoms with Gasteiger partial charge >= 0.3 is 0 Å². The highest BCUT2D eigenvalue weighted by Gasteiger charge is 2.17. The zero-order valence-electron chi connectivity index (χ0n) is 12.4. The molecule has 2 N–H and O–H groups in total. The van der Waals surface area contributed by atoms with E-state index in [1.807, 2.05) is 0 Å². The maximum atomic E-state index is 6.37. The van der Waals surface area contributed by atoms with E-state index in [0.717, 1.165) is 22.0 Å². The van der Waals surface area contributed by atoms with Gasteiger partial charge in [-0.05, 0) is 56.7 Å². The van der Waals surface area contributed by atoms with Crippen molar-refractivity contribution < 1.29 is 0 Å². The first kappa shape index (κ1) is 12.9. The summed E-state index contributed by atoms with van der Waals surface area (Å²) in [6.45, 7) is 4.22. The van der Waals surface area contributed by atoms with Crippen molar-refractivity contribution in [1.82, 2.24) is 9.38 Å². The molecule has 2 heterocycles. The molecular formula is C17H19N3S. The van der Waals surface area contributed by atoms with Gasteiger partial charge in [0.2, 0.25) is 0 Å². The second-order valence-corrected chi connectivity index (χ2v) is 7.08. The van der Waals surface area contributed by atoms with E-state index in [2.05, 4.69) is 36.4 Å². The number of nitrogen functional groups attached to an aromatic ring is 1. The first-order valence-corrected chi connectivity index (χ1v) is 8.33. The number of aryl methyl sites for hydroxylation is 4. The predicted octanol–water partition coefficient (Wildman–Crippen LogP) is 4.14. The first-order valence-electron chi connectivity index (χ1n) is 7.51. The standard InChI is InChI=1S/C17H19N3S/c1-10-11(2)21-17-19-15(16(18)20(10)17)14-8-7-12-5-3-4-6-13(12)9-14/h7-9H,3-6,18H2,1-2H3. The summed E-state index contributed by atoms with van der Waals surface area (Å²) >= 11 is 1.71. The average Bonchev–Trinajstić information content (AvgIpc) is 2.96. The van der Waals surface area contributed by atoms with Gasteiger partial charge in [0.1, 0.15) is 11.5 Å². The fraction of sp³-hybridized carbons (Fsp3) is 0.353. The maximum Gasteiger partial charge on any atom is 0.196 e. The van der Waals surface area contributed by atoms with Crippen molar-refractivity contribution in [3.63, 3.8) is 0 Å². The summed E-state index contributed by atoms with van der Waals surface area (Å²) in [7, 11) is 0. The topological polar surface area (TPSA) is 43.3 Å². The Balaban J connectivity index is 1.88. The summed E-state index contributed by atoms with van der Waals surface area (Å²) in [5, 5.41) is 0. The van der Waals surface area contributed by atoms with Crippen molar-refractivity contribution in [1.29, 1.82) is 0 Å². The van der Waals surface area contributed by atoms with Crippen LogP contribution in [-0.2, 0) is 12.8 Å². The molecule has 0 radical (unpaired) electrons. The van der Waals surface area contributed by atoms with Crippen molar-refractivity contribution in [2.24, 2.45) is 0 Å². The third-order valence-electron chi connectivity index (χ3n) is 4.59. The van der Waals surface area contributed by atoms with Crippen LogP contribution in [-0.4, -0.2) is 9.38 Å². The highest BCUT2D eigenvalue weighted by molar-refractivity contribution is 7.17. The van der Waals surface area contributed by atoms with Crippen LogP contribution in [0.4, 0.5) is 5.82 Å². The normalized spacial score (nSPS) is 14.6. The minimum absolute atomic E-state index is 0.766. The lowest BCUT2D eigenvalue weighted by molar-refractivity contribution is 0.686. The van der Waals surface area contributed by atoms with Gasteiger partial charge in [-0.2, -0.15) is 0 Å². The number of nitrogens with zero attached hydrogens (tertiary/aromatic N) is 2. The van der Waals surface area contributed by atoms with E-state index in [9.17, 15) is 0 Å². The molecule has 1 aromatic carbocycles. The number of aromatic nitrogens is 2. The Bertz CT molecular complexity index is 841. The molecule has 3 aromatic rings. The van der Waals surface area contributed by atoms with Gasteiger partial charge in [0.25, 0.3) is 0 Å². The Morgan fingerprint density at radius 3 is 2.67 bits per heavy atom. The molecule has 4 rings (SSSR count). The monoisotopic (exact) mass is 297 g/mol. The van der Waals surface area contributed by atoms with Crippen molar-refractivity contribution in [2.75, 3.05) is 5.73 Å². The number of hydrogen-bond acceptors (Lipinski definition) is 3. The molecule has 0 amide bonds. The molecule has 0 fully saturated rings. The third-order valence-corrected chi connectivity index (χ3v) is 5.65. The number of anilines is 1. The fourth-order valence-electron chi connectivity index (χ4n) is 3.27. The van der Waals surface area contributed by atoms with Gasteiger partial charge in [0.15, 0.2) is 4.96 Å². The molecule has 0 bridgehead atoms. The molecule has 21 heavy (non-hydrogen) atoms. The number of nitrogens with two attached hydrogens (primary N) is 1. The zero-order chi connectivity index (χ0) is 14.6. The van der Waals surface area contributed by atoms with Crippen LogP contribution in [0.3, 0.4) is 0 Å². The van der Waals surface area contributed by atoms with E-state index in [0.29, 0.717) is 0 Å². The molecule has 0 saturated carbocycles. The third kappa shape index (κ3) is 1.89. The van der Waals surface area contributed by atoms with E-state index < -0.39 is 0 Å². The molecule has 1 aliphatic carbocycles. The van der Waals surface area contributed by atoms with E-state index >= 15 is 0 Å². The Kier molecular flexibility index (Phi) is 2.82. The van der Waals surface area contributed by atoms with Gasteiger partial charge in [0, 0.05) is 16.1 Å². The Morgan fingerprint density at radius 2 is 1.90 bits per heavy atom. The van der Waals surface area contributed by atoms with Crippen LogP contribution in [0.2, 0.25) is 0 Å². The number of benzene rings is 1. The minimum Gasteiger partial charge on any atom is -0.383 e. The lowest BCUT2D eigenvalue weighted by Gasteiger charge is -2.16. The van der Waals surface area contributed by atoms with Crippen molar-refractivity contribution in [3.8, 4) is 11.3 Å². The van der Waals surface area contributed by atoms with Crippen LogP contribution in [0, 0.1) is 13.8 Å². The molecule has 2 aromatic heterocycles. The largest absolute Gasteiger partial charge is 0.383 e. The van der Waals surface area contributed by atoms with Gasteiger partial charge in [-0.15, -0.1) is 11.3 Å². The second kappa shape index (κ2) is 4.60. The van der Waals surface area contributed by atoms with Gasteiger partial charge in [0.05, 0.1) is 0 Å². The smallest absolute Gasteiger partial charge is 0.196 e. The molecule has 4 heteroatoms. The number of thiazole rings is 1. The van der Waals surface area contributed by atoms with Crippen LogP contribution < -0.4 is 5.73 Å². The number of hydrogen-bond donors (Lipinski definition) is 1. The minimum atomic E-state index is 0.766. The first-order chi connectivity index (χ1) is 10.1. The molecule has 0 aliphatic heterocycles. The molecule has 1 aliphatic rings. The Morgan fingerprint density at radius 1 is 1.14 bits per heavy atom. The van der Waals surface area contributed by atoms with E-state index in [1.165, 1.54) is 47.4 Å². The van der Waals surface area contributed by atoms with E-state index in [1.54, 1.807) is 11.3 Å². The zero-order valence-corrected chi connectivity index (χ0v) is 13.3. The number of imidazole rings is 1. The van der Waals surface area contributed by atoms with Crippen molar-refractivity contribution >= 4 is 22.1 Å². The van der Waals surface area contributed by atoms with Gasteiger partial charge < -0.3 is 5.73 Å². The lowest BCUT2D eigenvalue weighted by Crippen LogP contribution is -2.02. The maximum absolute atomic E-state index is 6.37. The summed E-state index contributed by atoms with van der Waals surface area (Å²) in [4.78, 5) is 7.04. The van der Waals surface area contributed by atoms with Crippen LogP contribution in [0.25, 0.3) is 16.2 Å². The van der Waals surface area contributed by atoms with Gasteiger partial charge in [-0.1, -0.05) is 12.1 Å². The van der Waals surface area contributed by atoms with E-state index in [-0.39, 0.29) is 0 Å². The number of rotatable bonds is 1. The van der Waals surface area contributed by atoms with Gasteiger partial charge in [-0.3, -0.25) is 4.40 Å². The van der Waals surface area contributed by atoms with Gasteiger partial charge in [-0.25, -0.2) is 4.98 Å². The molecule has 0 spiro atoms. The number of fused-ring (bicyclic) bond motifs is 2. The van der Waals surface area contributed by atoms with Crippen LogP contribution in [0.1, 0.15) is 34.5 Å². The Hall–Kier alpha value is -1.81. The lowest BCUT2D eigenvalue weighted by atomic mass is 9.90. The molecular weight excluding hydrogens is 278 g/mol. The van der Waals surface area contributed by atoms with Crippen LogP contribution >= 0.6 is 11.3 Å². The predicted molar refractivity (Wildman–Crippen MR) is 89.0 cm³/mol. The van der Waals surface area contributed by atoms with E-state index in [4.69, 9.17) is 10.7 Å². The highest BCUT2D eigenvalue weighted by atomic mass is 32.1. The molecule has 0 atom stereocenters. The molecule has 0 unspecified atom stereocenters. The second-order valence-electron chi connectivity index (χ2n) is 5.90. The summed E-state index contributed by atoms with van der Waals surface area (Å²) in [5.41, 5.74) is 12.6. The van der Waals surface area contributed by atoms with Crippen molar-refractivity contribution in [3.05, 3.63) is 39.9 Å².